The zero-order valence-corrected chi connectivity index (χ0v) is 26.5. The Morgan fingerprint density at radius 2 is 1.31 bits per heavy atom. The minimum Gasteiger partial charge on any atom is -0.494 e. The summed E-state index contributed by atoms with van der Waals surface area (Å²) in [5.74, 6) is -1.18. The highest BCUT2D eigenvalue weighted by atomic mass is 16.5. The Bertz CT molecular complexity index is 1620. The monoisotopic (exact) mass is 651 g/mol. The van der Waals surface area contributed by atoms with E-state index < -0.39 is 23.6 Å². The third kappa shape index (κ3) is 11.6. The van der Waals surface area contributed by atoms with Crippen LogP contribution in [0.2, 0.25) is 0 Å². The van der Waals surface area contributed by atoms with Crippen LogP contribution in [-0.2, 0) is 40.1 Å². The Balaban J connectivity index is 1.13. The molecule has 3 aromatic rings. The molecule has 0 unspecified atom stereocenters. The second-order valence-electron chi connectivity index (χ2n) is 10.8. The number of nitrogens with zero attached hydrogens (tertiary/aromatic N) is 1. The molecule has 4 rings (SSSR count). The van der Waals surface area contributed by atoms with Gasteiger partial charge in [-0.05, 0) is 78.3 Å². The molecule has 1 aliphatic heterocycles. The predicted molar refractivity (Wildman–Crippen MR) is 179 cm³/mol. The molecule has 1 heterocycles. The molecule has 0 fully saturated rings. The van der Waals surface area contributed by atoms with Crippen LogP contribution in [0.15, 0.2) is 104 Å². The number of benzene rings is 3. The first-order chi connectivity index (χ1) is 23.3. The Kier molecular flexibility index (Phi) is 13.6. The zero-order chi connectivity index (χ0) is 34.1. The maximum atomic E-state index is 12.4. The number of carbonyl (C=O) groups is 5. The van der Waals surface area contributed by atoms with Crippen LogP contribution >= 0.6 is 0 Å². The van der Waals surface area contributed by atoms with Crippen molar-refractivity contribution >= 4 is 35.6 Å². The fourth-order valence-electron chi connectivity index (χ4n) is 4.57. The van der Waals surface area contributed by atoms with Crippen LogP contribution in [0.25, 0.3) is 17.2 Å². The number of ether oxygens (including phenoxy) is 4. The Labute approximate surface area is 279 Å². The number of esters is 2. The third-order valence-corrected chi connectivity index (χ3v) is 7.14. The van der Waals surface area contributed by atoms with E-state index in [2.05, 4.69) is 6.58 Å². The van der Waals surface area contributed by atoms with Crippen LogP contribution in [0.1, 0.15) is 36.8 Å². The number of ketones is 1. The molecular weight excluding hydrogens is 614 g/mol. The molecule has 248 valence electrons. The fourth-order valence-corrected chi connectivity index (χ4v) is 4.57. The van der Waals surface area contributed by atoms with Crippen molar-refractivity contribution in [2.75, 3.05) is 26.4 Å². The van der Waals surface area contributed by atoms with E-state index >= 15 is 0 Å². The van der Waals surface area contributed by atoms with E-state index in [-0.39, 0.29) is 25.7 Å². The first kappa shape index (κ1) is 35.2. The molecule has 3 aromatic carbocycles. The van der Waals surface area contributed by atoms with E-state index in [1.165, 1.54) is 12.2 Å². The number of hydrogen-bond donors (Lipinski definition) is 0. The van der Waals surface area contributed by atoms with Gasteiger partial charge in [-0.25, -0.2) is 9.59 Å². The Morgan fingerprint density at radius 1 is 0.708 bits per heavy atom. The molecule has 0 atom stereocenters. The van der Waals surface area contributed by atoms with Crippen molar-refractivity contribution in [2.45, 2.75) is 32.3 Å². The number of rotatable bonds is 19. The van der Waals surface area contributed by atoms with Gasteiger partial charge in [0.25, 0.3) is 11.8 Å². The number of unbranched alkanes of at least 4 members (excludes halogenated alkanes) is 3. The van der Waals surface area contributed by atoms with E-state index in [0.717, 1.165) is 70.7 Å². The van der Waals surface area contributed by atoms with Gasteiger partial charge in [-0.1, -0.05) is 55.1 Å². The van der Waals surface area contributed by atoms with Crippen molar-refractivity contribution in [3.63, 3.8) is 0 Å². The maximum Gasteiger partial charge on any atom is 0.336 e. The molecule has 10 heteroatoms. The van der Waals surface area contributed by atoms with Crippen molar-refractivity contribution in [3.05, 3.63) is 115 Å². The molecule has 0 saturated heterocycles. The number of imide groups is 1. The minimum absolute atomic E-state index is 0.133. The van der Waals surface area contributed by atoms with Crippen molar-refractivity contribution in [1.82, 2.24) is 4.90 Å². The highest BCUT2D eigenvalue weighted by molar-refractivity contribution is 6.14. The third-order valence-electron chi connectivity index (χ3n) is 7.14. The quantitative estimate of drug-likeness (QED) is 0.0531. The van der Waals surface area contributed by atoms with Crippen molar-refractivity contribution < 1.29 is 42.9 Å². The van der Waals surface area contributed by atoms with Crippen molar-refractivity contribution in [1.29, 1.82) is 0 Å². The van der Waals surface area contributed by atoms with Crippen LogP contribution in [0.4, 0.5) is 0 Å². The van der Waals surface area contributed by atoms with Gasteiger partial charge in [0.2, 0.25) is 0 Å². The van der Waals surface area contributed by atoms with E-state index in [9.17, 15) is 24.0 Å². The summed E-state index contributed by atoms with van der Waals surface area (Å²) in [5.41, 5.74) is 3.66. The van der Waals surface area contributed by atoms with E-state index in [0.29, 0.717) is 19.0 Å². The zero-order valence-electron chi connectivity index (χ0n) is 26.5. The lowest BCUT2D eigenvalue weighted by molar-refractivity contribution is -0.141. The predicted octanol–water partition coefficient (Wildman–Crippen LogP) is 5.65. The van der Waals surface area contributed by atoms with Gasteiger partial charge >= 0.3 is 11.9 Å². The molecule has 0 spiro atoms. The summed E-state index contributed by atoms with van der Waals surface area (Å²) in [6.45, 7) is 3.96. The van der Waals surface area contributed by atoms with Gasteiger partial charge in [0, 0.05) is 24.3 Å². The van der Waals surface area contributed by atoms with Gasteiger partial charge < -0.3 is 18.9 Å². The summed E-state index contributed by atoms with van der Waals surface area (Å²) in [5, 5.41) is 0. The van der Waals surface area contributed by atoms with Crippen LogP contribution in [0.5, 0.6) is 11.5 Å². The largest absolute Gasteiger partial charge is 0.494 e. The molecule has 0 N–H and O–H groups in total. The molecule has 1 aliphatic rings. The van der Waals surface area contributed by atoms with E-state index in [4.69, 9.17) is 18.9 Å². The number of Topliss-reactive ketones (excluding diaryl/α,β-unsaturated/α-hetero) is 1. The fraction of sp³-hybridized carbons (Fsp3) is 0.237. The lowest BCUT2D eigenvalue weighted by Gasteiger charge is -2.12. The molecule has 0 aromatic heterocycles. The smallest absolute Gasteiger partial charge is 0.336 e. The minimum atomic E-state index is -0.529. The normalized spacial score (nSPS) is 12.4. The van der Waals surface area contributed by atoms with E-state index in [1.807, 2.05) is 48.5 Å². The summed E-state index contributed by atoms with van der Waals surface area (Å²) in [6, 6.07) is 22.3. The average molecular weight is 652 g/mol. The highest BCUT2D eigenvalue weighted by Gasteiger charge is 2.25. The molecule has 48 heavy (non-hydrogen) atoms. The molecule has 0 radical (unpaired) electrons. The summed E-state index contributed by atoms with van der Waals surface area (Å²) < 4.78 is 21.6. The number of hydrogen-bond acceptors (Lipinski definition) is 9. The van der Waals surface area contributed by atoms with Crippen LogP contribution < -0.4 is 9.47 Å². The summed E-state index contributed by atoms with van der Waals surface area (Å²) in [7, 11) is 0. The highest BCUT2D eigenvalue weighted by Crippen LogP contribution is 2.23. The molecule has 2 amide bonds. The van der Waals surface area contributed by atoms with Gasteiger partial charge in [-0.2, -0.15) is 0 Å². The lowest BCUT2D eigenvalue weighted by atomic mass is 10.0. The first-order valence-corrected chi connectivity index (χ1v) is 15.5. The van der Waals surface area contributed by atoms with Crippen LogP contribution in [0, 0.1) is 0 Å². The molecule has 0 bridgehead atoms. The van der Waals surface area contributed by atoms with Gasteiger partial charge in [0.1, 0.15) is 18.1 Å². The average Bonchev–Trinajstić information content (AvgIpc) is 3.41. The number of carbonyl (C=O) groups excluding carboxylic acids is 5. The molecule has 0 saturated carbocycles. The number of amides is 2. The topological polar surface area (TPSA) is 126 Å². The van der Waals surface area contributed by atoms with Crippen molar-refractivity contribution in [2.24, 2.45) is 0 Å². The standard InChI is InChI=1S/C38H37NO9/c1-2-37(43)47-24-6-4-3-5-23-46-33-18-14-31(15-19-33)30-12-7-28(8-13-30)11-22-38(44)48-34-16-9-29(10-17-34)26-45-27-32(40)25-39-35(41)20-21-36(39)42/h2,7-22H,1,3-6,23-27H2. The van der Waals surface area contributed by atoms with Gasteiger partial charge in [0.15, 0.2) is 5.78 Å². The maximum absolute atomic E-state index is 12.4. The summed E-state index contributed by atoms with van der Waals surface area (Å²) >= 11 is 0. The second-order valence-corrected chi connectivity index (χ2v) is 10.8. The van der Waals surface area contributed by atoms with Crippen molar-refractivity contribution in [3.8, 4) is 22.6 Å². The second kappa shape index (κ2) is 18.5. The van der Waals surface area contributed by atoms with Gasteiger partial charge in [0.05, 0.1) is 26.4 Å². The van der Waals surface area contributed by atoms with Gasteiger partial charge in [-0.3, -0.25) is 19.3 Å². The Morgan fingerprint density at radius 3 is 1.96 bits per heavy atom. The SMILES string of the molecule is C=CC(=O)OCCCCCCOc1ccc(-c2ccc(C=CC(=O)Oc3ccc(COCC(=O)CN4C(=O)C=CC4=O)cc3)cc2)cc1. The molecular formula is C38H37NO9. The Hall–Kier alpha value is -5.61. The first-order valence-electron chi connectivity index (χ1n) is 15.5. The molecule has 0 aliphatic carbocycles. The lowest BCUT2D eigenvalue weighted by Crippen LogP contribution is -2.36. The van der Waals surface area contributed by atoms with E-state index in [1.54, 1.807) is 30.3 Å². The van der Waals surface area contributed by atoms with Gasteiger partial charge in [-0.15, -0.1) is 0 Å². The summed E-state index contributed by atoms with van der Waals surface area (Å²) in [6.07, 6.45) is 10.1. The van der Waals surface area contributed by atoms with Crippen LogP contribution in [-0.4, -0.2) is 60.8 Å². The molecule has 10 nitrogen and oxygen atoms in total. The van der Waals surface area contributed by atoms with Crippen LogP contribution in [0.3, 0.4) is 0 Å². The summed E-state index contributed by atoms with van der Waals surface area (Å²) in [4.78, 5) is 59.3.